The molecule has 0 amide bonds. The zero-order valence-corrected chi connectivity index (χ0v) is 17.1. The van der Waals surface area contributed by atoms with Crippen LogP contribution in [-0.4, -0.2) is 10.8 Å². The van der Waals surface area contributed by atoms with E-state index in [9.17, 15) is 4.91 Å². The second kappa shape index (κ2) is 8.37. The molecule has 0 bridgehead atoms. The second-order valence-corrected chi connectivity index (χ2v) is 7.62. The molecule has 2 heteroatoms. The molecule has 4 aromatic carbocycles. The molecule has 1 atom stereocenters. The van der Waals surface area contributed by atoms with Gasteiger partial charge < -0.3 is 0 Å². The highest BCUT2D eigenvalue weighted by molar-refractivity contribution is 5.91. The molecule has 0 radical (unpaired) electrons. The highest BCUT2D eigenvalue weighted by Gasteiger charge is 2.26. The fourth-order valence-corrected chi connectivity index (χ4v) is 4.03. The van der Waals surface area contributed by atoms with Crippen LogP contribution >= 0.6 is 0 Å². The van der Waals surface area contributed by atoms with Gasteiger partial charge in [0.2, 0.25) is 6.04 Å². The first-order valence-electron chi connectivity index (χ1n) is 10.5. The first-order valence-corrected chi connectivity index (χ1v) is 10.5. The van der Waals surface area contributed by atoms with Crippen molar-refractivity contribution in [2.45, 2.75) is 6.04 Å². The van der Waals surface area contributed by atoms with Gasteiger partial charge in [-0.25, -0.2) is 0 Å². The monoisotopic (exact) mass is 400 g/mol. The van der Waals surface area contributed by atoms with Crippen molar-refractivity contribution in [1.29, 1.82) is 0 Å². The molecule has 5 rings (SSSR count). The van der Waals surface area contributed by atoms with Gasteiger partial charge in [0.15, 0.2) is 0 Å². The van der Waals surface area contributed by atoms with Crippen molar-refractivity contribution >= 4 is 33.7 Å². The first-order chi connectivity index (χ1) is 15.3. The lowest BCUT2D eigenvalue weighted by atomic mass is 10.0. The van der Waals surface area contributed by atoms with Gasteiger partial charge in [-0.2, -0.15) is 0 Å². The predicted molar refractivity (Wildman–Crippen MR) is 131 cm³/mol. The zero-order chi connectivity index (χ0) is 21.0. The summed E-state index contributed by atoms with van der Waals surface area (Å²) in [6, 6.07) is 28.7. The smallest absolute Gasteiger partial charge is 0.0616 e. The van der Waals surface area contributed by atoms with Crippen LogP contribution in [0.5, 0.6) is 0 Å². The lowest BCUT2D eigenvalue weighted by Crippen LogP contribution is -2.20. The molecule has 148 valence electrons. The molecule has 1 heterocycles. The van der Waals surface area contributed by atoms with E-state index in [2.05, 4.69) is 48.5 Å². The molecule has 0 aliphatic carbocycles. The number of hydrogen-bond donors (Lipinski definition) is 0. The molecule has 4 aromatic rings. The third-order valence-corrected chi connectivity index (χ3v) is 5.65. The lowest BCUT2D eigenvalue weighted by Gasteiger charge is -2.06. The molecule has 0 saturated heterocycles. The summed E-state index contributed by atoms with van der Waals surface area (Å²) in [6.07, 6.45) is 13.7. The molecule has 1 aliphatic rings. The van der Waals surface area contributed by atoms with E-state index in [4.69, 9.17) is 0 Å². The van der Waals surface area contributed by atoms with Crippen LogP contribution in [0.4, 0.5) is 0 Å². The van der Waals surface area contributed by atoms with Crippen LogP contribution in [0, 0.1) is 4.91 Å². The summed E-state index contributed by atoms with van der Waals surface area (Å²) in [6.45, 7) is 0. The van der Waals surface area contributed by atoms with Crippen molar-refractivity contribution in [3.8, 4) is 0 Å². The Labute approximate surface area is 181 Å². The summed E-state index contributed by atoms with van der Waals surface area (Å²) in [5, 5.41) is 4.75. The van der Waals surface area contributed by atoms with Gasteiger partial charge in [0, 0.05) is 21.8 Å². The predicted octanol–water partition coefficient (Wildman–Crippen LogP) is 7.32. The van der Waals surface area contributed by atoms with E-state index >= 15 is 0 Å². The summed E-state index contributed by atoms with van der Waals surface area (Å²) in [5.74, 6) is 0. The molecule has 0 aromatic heterocycles. The molecule has 0 fully saturated rings. The minimum Gasteiger partial charge on any atom is -0.0616 e. The molecule has 1 aliphatic heterocycles. The number of fused-ring (bicyclic) bond motifs is 2. The molecule has 0 N–H and O–H groups in total. The highest BCUT2D eigenvalue weighted by atomic mass is 16.3. The van der Waals surface area contributed by atoms with Gasteiger partial charge in [-0.15, -0.1) is 0 Å². The van der Waals surface area contributed by atoms with Crippen molar-refractivity contribution in [1.82, 2.24) is 0 Å². The molecule has 2 nitrogen and oxygen atoms in total. The molecule has 0 spiro atoms. The Morgan fingerprint density at radius 2 is 1.23 bits per heavy atom. The van der Waals surface area contributed by atoms with Gasteiger partial charge in [-0.05, 0) is 50.9 Å². The van der Waals surface area contributed by atoms with Gasteiger partial charge in [-0.3, -0.25) is 0 Å². The highest BCUT2D eigenvalue weighted by Crippen LogP contribution is 2.23. The molecular weight excluding hydrogens is 378 g/mol. The molecule has 1 unspecified atom stereocenters. The Hall–Kier alpha value is -4.04. The van der Waals surface area contributed by atoms with Gasteiger partial charge >= 0.3 is 0 Å². The minimum absolute atomic E-state index is 0.337. The van der Waals surface area contributed by atoms with E-state index in [0.717, 1.165) is 15.9 Å². The maximum Gasteiger partial charge on any atom is 0.257 e. The van der Waals surface area contributed by atoms with Crippen molar-refractivity contribution in [2.24, 2.45) is 0 Å². The molecule has 0 saturated carbocycles. The number of nitroso groups, excluding NO2 is 1. The fraction of sp³-hybridized carbons (Fsp3) is 0.0345. The van der Waals surface area contributed by atoms with E-state index in [1.165, 1.54) is 21.5 Å². The maximum atomic E-state index is 13.0. The van der Waals surface area contributed by atoms with Crippen LogP contribution in [0.15, 0.2) is 121 Å². The summed E-state index contributed by atoms with van der Waals surface area (Å²) in [4.78, 5) is 13.0. The first kappa shape index (κ1) is 19.0. The van der Waals surface area contributed by atoms with E-state index in [1.54, 1.807) is 0 Å². The average Bonchev–Trinajstić information content (AvgIpc) is 2.82. The van der Waals surface area contributed by atoms with E-state index < -0.39 is 0 Å². The molecular formula is C29H22NO+. The van der Waals surface area contributed by atoms with Crippen LogP contribution in [-0.2, 0) is 0 Å². The van der Waals surface area contributed by atoms with Crippen molar-refractivity contribution < 1.29 is 4.76 Å². The lowest BCUT2D eigenvalue weighted by molar-refractivity contribution is -0.511. The van der Waals surface area contributed by atoms with Crippen molar-refractivity contribution in [2.75, 3.05) is 0 Å². The summed E-state index contributed by atoms with van der Waals surface area (Å²) in [7, 11) is 0. The Morgan fingerprint density at radius 3 is 1.90 bits per heavy atom. The second-order valence-electron chi connectivity index (χ2n) is 7.62. The van der Waals surface area contributed by atoms with Gasteiger partial charge in [0.05, 0.1) is 0 Å². The Morgan fingerprint density at radius 1 is 0.645 bits per heavy atom. The van der Waals surface area contributed by atoms with Crippen LogP contribution in [0.3, 0.4) is 0 Å². The standard InChI is InChI=1S/C29H22NO/c31-30-26(20-18-24-12-5-10-22-8-1-3-16-28(22)24)14-7-15-27(30)21-19-25-13-6-11-23-9-2-4-17-29(23)25/h1-21,26H/q+1/b20-18+,21-19+. The molecule has 31 heavy (non-hydrogen) atoms. The maximum absolute atomic E-state index is 13.0. The minimum atomic E-state index is -0.337. The van der Waals surface area contributed by atoms with E-state index in [0.29, 0.717) is 5.70 Å². The van der Waals surface area contributed by atoms with Crippen molar-refractivity contribution in [3.05, 3.63) is 137 Å². The third-order valence-electron chi connectivity index (χ3n) is 5.65. The number of rotatable bonds is 4. The van der Waals surface area contributed by atoms with E-state index in [1.807, 2.05) is 78.9 Å². The number of benzene rings is 4. The summed E-state index contributed by atoms with van der Waals surface area (Å²) >= 11 is 0. The quantitative estimate of drug-likeness (QED) is 0.329. The number of allylic oxidation sites excluding steroid dienone is 3. The van der Waals surface area contributed by atoms with Crippen molar-refractivity contribution in [3.63, 3.8) is 0 Å². The Bertz CT molecular complexity index is 1390. The van der Waals surface area contributed by atoms with Gasteiger partial charge in [0.25, 0.3) is 5.70 Å². The van der Waals surface area contributed by atoms with Crippen LogP contribution in [0.2, 0.25) is 0 Å². The number of nitrogens with zero attached hydrogens (tertiary/aromatic N) is 1. The topological polar surface area (TPSA) is 20.1 Å². The van der Waals surface area contributed by atoms with Crippen LogP contribution < -0.4 is 0 Å². The summed E-state index contributed by atoms with van der Waals surface area (Å²) in [5.41, 5.74) is 2.86. The largest absolute Gasteiger partial charge is 0.257 e. The fourth-order valence-electron chi connectivity index (χ4n) is 4.03. The Kier molecular flexibility index (Phi) is 5.12. The summed E-state index contributed by atoms with van der Waals surface area (Å²) < 4.78 is 1.06. The average molecular weight is 401 g/mol. The SMILES string of the molecule is O=[N+]1C(/C=C/c2cccc3ccccc23)=CC=CC1/C=C/c1cccc2ccccc12. The zero-order valence-electron chi connectivity index (χ0n) is 17.1. The van der Waals surface area contributed by atoms with Crippen LogP contribution in [0.1, 0.15) is 11.1 Å². The van der Waals surface area contributed by atoms with E-state index in [-0.39, 0.29) is 6.04 Å². The normalized spacial score (nSPS) is 16.6. The third kappa shape index (κ3) is 3.88. The number of hydrogen-bond acceptors (Lipinski definition) is 1. The Balaban J connectivity index is 1.39. The van der Waals surface area contributed by atoms with Gasteiger partial charge in [-0.1, -0.05) is 97.1 Å². The van der Waals surface area contributed by atoms with Gasteiger partial charge in [0.1, 0.15) is 0 Å². The van der Waals surface area contributed by atoms with Crippen LogP contribution in [0.25, 0.3) is 33.7 Å².